The molecule has 0 radical (unpaired) electrons. The number of aromatic nitrogens is 1. The first kappa shape index (κ1) is 16.8. The van der Waals surface area contributed by atoms with E-state index in [9.17, 15) is 9.90 Å². The molecule has 1 heterocycles. The van der Waals surface area contributed by atoms with Crippen molar-refractivity contribution >= 4 is 27.6 Å². The minimum atomic E-state index is -1.25. The van der Waals surface area contributed by atoms with Gasteiger partial charge in [0.1, 0.15) is 11.5 Å². The van der Waals surface area contributed by atoms with Gasteiger partial charge >= 0.3 is 0 Å². The van der Waals surface area contributed by atoms with E-state index in [0.29, 0.717) is 33.7 Å². The first-order valence-corrected chi connectivity index (χ1v) is 8.38. The predicted octanol–water partition coefficient (Wildman–Crippen LogP) is 3.44. The highest BCUT2D eigenvalue weighted by Gasteiger charge is 2.14. The summed E-state index contributed by atoms with van der Waals surface area (Å²) in [4.78, 5) is 16.5. The Morgan fingerprint density at radius 2 is 1.67 bits per heavy atom. The van der Waals surface area contributed by atoms with Crippen LogP contribution in [0.1, 0.15) is 10.4 Å². The molecule has 0 unspecified atom stereocenters. The van der Waals surface area contributed by atoms with Gasteiger partial charge in [-0.2, -0.15) is 0 Å². The van der Waals surface area contributed by atoms with Crippen LogP contribution in [-0.4, -0.2) is 25.2 Å². The SMILES string of the molecule is COc1ccc(OC)c(-c2cc(C(=O)[O-])c3cc4ccccc4cc3n2)c1. The van der Waals surface area contributed by atoms with Gasteiger partial charge in [0.2, 0.25) is 0 Å². The highest BCUT2D eigenvalue weighted by atomic mass is 16.5. The van der Waals surface area contributed by atoms with Crippen LogP contribution in [0.4, 0.5) is 0 Å². The van der Waals surface area contributed by atoms with Crippen LogP contribution in [0, 0.1) is 0 Å². The van der Waals surface area contributed by atoms with Gasteiger partial charge in [0.05, 0.1) is 31.4 Å². The molecule has 0 saturated carbocycles. The molecule has 27 heavy (non-hydrogen) atoms. The molecule has 1 aromatic heterocycles. The number of benzene rings is 3. The Labute approximate surface area is 155 Å². The number of carbonyl (C=O) groups is 1. The molecule has 5 nitrogen and oxygen atoms in total. The number of methoxy groups -OCH3 is 2. The molecule has 0 atom stereocenters. The molecule has 0 aliphatic heterocycles. The molecule has 0 N–H and O–H groups in total. The standard InChI is InChI=1S/C22H17NO4/c1-26-15-7-8-21(27-2)18(11-15)20-12-17(22(24)25)16-9-13-5-3-4-6-14(13)10-19(16)23-20/h3-12H,1-2H3,(H,24,25)/p-1. The fraction of sp³-hybridized carbons (Fsp3) is 0.0909. The maximum Gasteiger partial charge on any atom is 0.128 e. The van der Waals surface area contributed by atoms with E-state index in [2.05, 4.69) is 0 Å². The van der Waals surface area contributed by atoms with Gasteiger partial charge in [-0.1, -0.05) is 24.3 Å². The minimum Gasteiger partial charge on any atom is -0.545 e. The van der Waals surface area contributed by atoms with Crippen LogP contribution in [0.2, 0.25) is 0 Å². The maximum absolute atomic E-state index is 11.8. The van der Waals surface area contributed by atoms with Crippen molar-refractivity contribution in [3.8, 4) is 22.8 Å². The van der Waals surface area contributed by atoms with Crippen molar-refractivity contribution in [2.75, 3.05) is 14.2 Å². The summed E-state index contributed by atoms with van der Waals surface area (Å²) in [5.74, 6) is -0.0465. The van der Waals surface area contributed by atoms with Crippen LogP contribution in [-0.2, 0) is 0 Å². The summed E-state index contributed by atoms with van der Waals surface area (Å²) in [7, 11) is 3.12. The molecule has 0 aliphatic carbocycles. The van der Waals surface area contributed by atoms with E-state index >= 15 is 0 Å². The number of hydrogen-bond donors (Lipinski definition) is 0. The van der Waals surface area contributed by atoms with Crippen molar-refractivity contribution in [2.24, 2.45) is 0 Å². The zero-order valence-corrected chi connectivity index (χ0v) is 14.9. The monoisotopic (exact) mass is 358 g/mol. The second-order valence-electron chi connectivity index (χ2n) is 6.13. The average molecular weight is 358 g/mol. The first-order chi connectivity index (χ1) is 13.1. The Morgan fingerprint density at radius 3 is 2.33 bits per heavy atom. The third-order valence-corrected chi connectivity index (χ3v) is 4.58. The number of carboxylic acids is 1. The van der Waals surface area contributed by atoms with Crippen molar-refractivity contribution in [3.63, 3.8) is 0 Å². The fourth-order valence-electron chi connectivity index (χ4n) is 3.23. The molecule has 0 aliphatic rings. The van der Waals surface area contributed by atoms with Gasteiger partial charge in [-0.15, -0.1) is 0 Å². The second-order valence-corrected chi connectivity index (χ2v) is 6.13. The Balaban J connectivity index is 2.05. The summed E-state index contributed by atoms with van der Waals surface area (Å²) in [5.41, 5.74) is 1.79. The maximum atomic E-state index is 11.8. The Morgan fingerprint density at radius 1 is 0.926 bits per heavy atom. The lowest BCUT2D eigenvalue weighted by molar-refractivity contribution is -0.254. The van der Waals surface area contributed by atoms with Gasteiger partial charge in [0.25, 0.3) is 0 Å². The molecule has 3 aromatic carbocycles. The van der Waals surface area contributed by atoms with E-state index in [1.54, 1.807) is 32.4 Å². The number of aromatic carboxylic acids is 1. The van der Waals surface area contributed by atoms with Gasteiger partial charge in [-0.25, -0.2) is 4.98 Å². The lowest BCUT2D eigenvalue weighted by Gasteiger charge is -2.14. The van der Waals surface area contributed by atoms with Crippen LogP contribution in [0.3, 0.4) is 0 Å². The summed E-state index contributed by atoms with van der Waals surface area (Å²) < 4.78 is 10.7. The third kappa shape index (κ3) is 2.93. The van der Waals surface area contributed by atoms with Crippen LogP contribution in [0.5, 0.6) is 11.5 Å². The van der Waals surface area contributed by atoms with Crippen molar-refractivity contribution < 1.29 is 19.4 Å². The van der Waals surface area contributed by atoms with Crippen molar-refractivity contribution in [3.05, 3.63) is 66.2 Å². The summed E-state index contributed by atoms with van der Waals surface area (Å²) in [5, 5.41) is 14.3. The van der Waals surface area contributed by atoms with Crippen molar-refractivity contribution in [1.82, 2.24) is 4.98 Å². The molecule has 0 bridgehead atoms. The first-order valence-electron chi connectivity index (χ1n) is 8.38. The molecule has 0 saturated heterocycles. The number of hydrogen-bond acceptors (Lipinski definition) is 5. The van der Waals surface area contributed by atoms with Crippen LogP contribution in [0.15, 0.2) is 60.7 Å². The molecule has 0 amide bonds. The van der Waals surface area contributed by atoms with Crippen molar-refractivity contribution in [2.45, 2.75) is 0 Å². The third-order valence-electron chi connectivity index (χ3n) is 4.58. The Hall–Kier alpha value is -3.60. The Kier molecular flexibility index (Phi) is 4.12. The smallest absolute Gasteiger partial charge is 0.128 e. The molecule has 5 heteroatoms. The number of carboxylic acid groups (broad SMARTS) is 1. The van der Waals surface area contributed by atoms with E-state index in [0.717, 1.165) is 10.8 Å². The van der Waals surface area contributed by atoms with Gasteiger partial charge < -0.3 is 19.4 Å². The zero-order chi connectivity index (χ0) is 19.0. The van der Waals surface area contributed by atoms with Crippen LogP contribution in [0.25, 0.3) is 32.9 Å². The van der Waals surface area contributed by atoms with Gasteiger partial charge in [0, 0.05) is 16.5 Å². The number of carbonyl (C=O) groups excluding carboxylic acids is 1. The summed E-state index contributed by atoms with van der Waals surface area (Å²) in [6, 6.07) is 18.3. The van der Waals surface area contributed by atoms with Crippen LogP contribution >= 0.6 is 0 Å². The molecule has 4 aromatic rings. The quantitative estimate of drug-likeness (QED) is 0.523. The zero-order valence-electron chi connectivity index (χ0n) is 14.9. The lowest BCUT2D eigenvalue weighted by Crippen LogP contribution is -2.22. The van der Waals surface area contributed by atoms with E-state index in [1.165, 1.54) is 6.07 Å². The predicted molar refractivity (Wildman–Crippen MR) is 102 cm³/mol. The number of nitrogens with zero attached hydrogens (tertiary/aromatic N) is 1. The van der Waals surface area contributed by atoms with Crippen LogP contribution < -0.4 is 14.6 Å². The fourth-order valence-corrected chi connectivity index (χ4v) is 3.23. The number of rotatable bonds is 4. The summed E-state index contributed by atoms with van der Waals surface area (Å²) in [6.07, 6.45) is 0. The molecular weight excluding hydrogens is 342 g/mol. The minimum absolute atomic E-state index is 0.0885. The summed E-state index contributed by atoms with van der Waals surface area (Å²) in [6.45, 7) is 0. The van der Waals surface area contributed by atoms with E-state index in [1.807, 2.05) is 36.4 Å². The molecule has 4 rings (SSSR count). The average Bonchev–Trinajstić information content (AvgIpc) is 2.70. The highest BCUT2D eigenvalue weighted by molar-refractivity contribution is 6.07. The van der Waals surface area contributed by atoms with Gasteiger partial charge in [-0.05, 0) is 47.2 Å². The lowest BCUT2D eigenvalue weighted by atomic mass is 10.0. The number of fused-ring (bicyclic) bond motifs is 2. The molecule has 134 valence electrons. The molecule has 0 spiro atoms. The van der Waals surface area contributed by atoms with E-state index < -0.39 is 5.97 Å². The largest absolute Gasteiger partial charge is 0.545 e. The van der Waals surface area contributed by atoms with Crippen molar-refractivity contribution in [1.29, 1.82) is 0 Å². The molecule has 0 fully saturated rings. The van der Waals surface area contributed by atoms with Gasteiger partial charge in [-0.3, -0.25) is 0 Å². The number of ether oxygens (including phenoxy) is 2. The topological polar surface area (TPSA) is 71.5 Å². The van der Waals surface area contributed by atoms with E-state index in [-0.39, 0.29) is 5.56 Å². The number of pyridine rings is 1. The summed E-state index contributed by atoms with van der Waals surface area (Å²) >= 11 is 0. The highest BCUT2D eigenvalue weighted by Crippen LogP contribution is 2.35. The van der Waals surface area contributed by atoms with Gasteiger partial charge in [0.15, 0.2) is 0 Å². The normalized spacial score (nSPS) is 10.9. The van der Waals surface area contributed by atoms with E-state index in [4.69, 9.17) is 14.5 Å². The Bertz CT molecular complexity index is 1180. The molecular formula is C22H16NO4-. The second kappa shape index (κ2) is 6.61.